The van der Waals surface area contributed by atoms with Crippen LogP contribution in [0.25, 0.3) is 0 Å². The number of methoxy groups -OCH3 is 1. The van der Waals surface area contributed by atoms with E-state index in [0.717, 1.165) is 16.7 Å². The number of ether oxygens (including phenoxy) is 1. The van der Waals surface area contributed by atoms with Crippen molar-refractivity contribution in [2.45, 2.75) is 12.6 Å². The van der Waals surface area contributed by atoms with Crippen molar-refractivity contribution in [3.8, 4) is 5.88 Å². The number of halogens is 1. The highest BCUT2D eigenvalue weighted by molar-refractivity contribution is 9.10. The number of hydrogen-bond acceptors (Lipinski definition) is 5. The maximum Gasteiger partial charge on any atom is 0.212 e. The van der Waals surface area contributed by atoms with E-state index in [2.05, 4.69) is 30.9 Å². The van der Waals surface area contributed by atoms with Crippen LogP contribution in [0.3, 0.4) is 0 Å². The van der Waals surface area contributed by atoms with E-state index in [9.17, 15) is 5.11 Å². The lowest BCUT2D eigenvalue weighted by Gasteiger charge is -2.16. The Labute approximate surface area is 132 Å². The van der Waals surface area contributed by atoms with Gasteiger partial charge >= 0.3 is 0 Å². The SMILES string of the molecule is COc1ccc(C(O)c2c(Br)cnn2CCN(C)C)cn1. The Balaban J connectivity index is 2.24. The third kappa shape index (κ3) is 3.81. The second kappa shape index (κ2) is 7.02. The van der Waals surface area contributed by atoms with E-state index in [4.69, 9.17) is 4.74 Å². The molecule has 0 saturated carbocycles. The topological polar surface area (TPSA) is 63.4 Å². The average molecular weight is 355 g/mol. The van der Waals surface area contributed by atoms with Crippen LogP contribution in [0.4, 0.5) is 0 Å². The largest absolute Gasteiger partial charge is 0.481 e. The minimum Gasteiger partial charge on any atom is -0.481 e. The molecule has 2 aromatic heterocycles. The van der Waals surface area contributed by atoms with E-state index in [-0.39, 0.29) is 0 Å². The summed E-state index contributed by atoms with van der Waals surface area (Å²) < 4.78 is 7.61. The number of pyridine rings is 1. The molecule has 0 spiro atoms. The number of nitrogens with zero attached hydrogens (tertiary/aromatic N) is 4. The van der Waals surface area contributed by atoms with Gasteiger partial charge in [-0.1, -0.05) is 0 Å². The lowest BCUT2D eigenvalue weighted by Crippen LogP contribution is -2.21. The molecule has 0 aromatic carbocycles. The van der Waals surface area contributed by atoms with Gasteiger partial charge < -0.3 is 14.7 Å². The summed E-state index contributed by atoms with van der Waals surface area (Å²) in [6.07, 6.45) is 2.52. The van der Waals surface area contributed by atoms with Gasteiger partial charge in [0.2, 0.25) is 5.88 Å². The van der Waals surface area contributed by atoms with E-state index in [1.807, 2.05) is 14.1 Å². The van der Waals surface area contributed by atoms with Crippen LogP contribution >= 0.6 is 15.9 Å². The van der Waals surface area contributed by atoms with Gasteiger partial charge in [0.1, 0.15) is 6.10 Å². The molecule has 21 heavy (non-hydrogen) atoms. The van der Waals surface area contributed by atoms with Crippen LogP contribution in [0.2, 0.25) is 0 Å². The molecular formula is C14H19BrN4O2. The quantitative estimate of drug-likeness (QED) is 0.855. The minimum atomic E-state index is -0.789. The van der Waals surface area contributed by atoms with Gasteiger partial charge in [0.15, 0.2) is 0 Å². The number of aliphatic hydroxyl groups is 1. The fourth-order valence-electron chi connectivity index (χ4n) is 1.95. The summed E-state index contributed by atoms with van der Waals surface area (Å²) in [4.78, 5) is 6.20. The van der Waals surface area contributed by atoms with Gasteiger partial charge in [-0.3, -0.25) is 4.68 Å². The maximum absolute atomic E-state index is 10.6. The zero-order valence-electron chi connectivity index (χ0n) is 12.3. The molecule has 0 saturated heterocycles. The number of likely N-dealkylation sites (N-methyl/N-ethyl adjacent to an activating group) is 1. The molecule has 0 bridgehead atoms. The molecule has 2 aromatic rings. The average Bonchev–Trinajstić information content (AvgIpc) is 2.85. The molecule has 1 atom stereocenters. The molecule has 0 fully saturated rings. The highest BCUT2D eigenvalue weighted by Gasteiger charge is 2.20. The molecule has 1 N–H and O–H groups in total. The van der Waals surface area contributed by atoms with Crippen LogP contribution < -0.4 is 4.74 Å². The van der Waals surface area contributed by atoms with Crippen LogP contribution in [0.15, 0.2) is 29.0 Å². The molecule has 6 nitrogen and oxygen atoms in total. The van der Waals surface area contributed by atoms with Crippen LogP contribution in [0, 0.1) is 0 Å². The predicted octanol–water partition coefficient (Wildman–Crippen LogP) is 1.69. The number of aromatic nitrogens is 3. The second-order valence-corrected chi connectivity index (χ2v) is 5.79. The first-order valence-corrected chi connectivity index (χ1v) is 7.36. The monoisotopic (exact) mass is 354 g/mol. The Morgan fingerprint density at radius 1 is 1.38 bits per heavy atom. The summed E-state index contributed by atoms with van der Waals surface area (Å²) in [7, 11) is 5.56. The number of rotatable bonds is 6. The summed E-state index contributed by atoms with van der Waals surface area (Å²) in [6, 6.07) is 3.53. The minimum absolute atomic E-state index is 0.520. The van der Waals surface area contributed by atoms with Gasteiger partial charge in [0, 0.05) is 24.4 Å². The maximum atomic E-state index is 10.6. The first kappa shape index (κ1) is 15.9. The lowest BCUT2D eigenvalue weighted by molar-refractivity contribution is 0.204. The van der Waals surface area contributed by atoms with E-state index in [1.165, 1.54) is 0 Å². The Morgan fingerprint density at radius 3 is 2.71 bits per heavy atom. The fraction of sp³-hybridized carbons (Fsp3) is 0.429. The van der Waals surface area contributed by atoms with Crippen molar-refractivity contribution in [2.24, 2.45) is 0 Å². The smallest absolute Gasteiger partial charge is 0.212 e. The summed E-state index contributed by atoms with van der Waals surface area (Å²) in [5, 5.41) is 14.9. The van der Waals surface area contributed by atoms with Crippen molar-refractivity contribution in [2.75, 3.05) is 27.7 Å². The molecule has 0 amide bonds. The molecule has 0 aliphatic carbocycles. The molecule has 0 aliphatic heterocycles. The van der Waals surface area contributed by atoms with Crippen molar-refractivity contribution >= 4 is 15.9 Å². The first-order valence-electron chi connectivity index (χ1n) is 6.57. The Bertz CT molecular complexity index is 583. The fourth-order valence-corrected chi connectivity index (χ4v) is 2.46. The molecule has 2 rings (SSSR count). The van der Waals surface area contributed by atoms with Crippen LogP contribution in [-0.4, -0.2) is 52.5 Å². The predicted molar refractivity (Wildman–Crippen MR) is 83.3 cm³/mol. The van der Waals surface area contributed by atoms with E-state index in [1.54, 1.807) is 36.3 Å². The highest BCUT2D eigenvalue weighted by atomic mass is 79.9. The molecular weight excluding hydrogens is 336 g/mol. The first-order chi connectivity index (χ1) is 10.0. The lowest BCUT2D eigenvalue weighted by atomic mass is 10.1. The van der Waals surface area contributed by atoms with Crippen LogP contribution in [0.1, 0.15) is 17.4 Å². The second-order valence-electron chi connectivity index (χ2n) is 4.94. The zero-order valence-corrected chi connectivity index (χ0v) is 13.9. The van der Waals surface area contributed by atoms with E-state index < -0.39 is 6.10 Å². The van der Waals surface area contributed by atoms with Crippen molar-refractivity contribution in [1.29, 1.82) is 0 Å². The Kier molecular flexibility index (Phi) is 5.33. The summed E-state index contributed by atoms with van der Waals surface area (Å²) in [5.74, 6) is 0.520. The third-order valence-electron chi connectivity index (χ3n) is 3.14. The molecule has 0 radical (unpaired) electrons. The zero-order chi connectivity index (χ0) is 15.4. The van der Waals surface area contributed by atoms with Gasteiger partial charge in [-0.05, 0) is 36.1 Å². The van der Waals surface area contributed by atoms with E-state index >= 15 is 0 Å². The molecule has 7 heteroatoms. The van der Waals surface area contributed by atoms with Gasteiger partial charge in [-0.2, -0.15) is 5.10 Å². The number of hydrogen-bond donors (Lipinski definition) is 1. The van der Waals surface area contributed by atoms with Crippen molar-refractivity contribution in [3.05, 3.63) is 40.3 Å². The van der Waals surface area contributed by atoms with Crippen molar-refractivity contribution in [3.63, 3.8) is 0 Å². The third-order valence-corrected chi connectivity index (χ3v) is 3.75. The van der Waals surface area contributed by atoms with Gasteiger partial charge in [-0.25, -0.2) is 4.98 Å². The Hall–Kier alpha value is -1.44. The van der Waals surface area contributed by atoms with Gasteiger partial charge in [-0.15, -0.1) is 0 Å². The standard InChI is InChI=1S/C14H19BrN4O2/c1-18(2)6-7-19-13(11(15)9-17-19)14(20)10-4-5-12(21-3)16-8-10/h4-5,8-9,14,20H,6-7H2,1-3H3. The van der Waals surface area contributed by atoms with Crippen LogP contribution in [0.5, 0.6) is 5.88 Å². The molecule has 2 heterocycles. The molecule has 0 aliphatic rings. The van der Waals surface area contributed by atoms with E-state index in [0.29, 0.717) is 18.0 Å². The normalized spacial score (nSPS) is 12.7. The summed E-state index contributed by atoms with van der Waals surface area (Å²) in [6.45, 7) is 1.54. The number of aliphatic hydroxyl groups excluding tert-OH is 1. The highest BCUT2D eigenvalue weighted by Crippen LogP contribution is 2.28. The Morgan fingerprint density at radius 2 is 2.14 bits per heavy atom. The van der Waals surface area contributed by atoms with Gasteiger partial charge in [0.25, 0.3) is 0 Å². The summed E-state index contributed by atoms with van der Waals surface area (Å²) >= 11 is 3.45. The molecule has 114 valence electrons. The van der Waals surface area contributed by atoms with Crippen molar-refractivity contribution in [1.82, 2.24) is 19.7 Å². The van der Waals surface area contributed by atoms with Crippen LogP contribution in [-0.2, 0) is 6.54 Å². The molecule has 1 unspecified atom stereocenters. The summed E-state index contributed by atoms with van der Waals surface area (Å²) in [5.41, 5.74) is 1.42. The van der Waals surface area contributed by atoms with Crippen molar-refractivity contribution < 1.29 is 9.84 Å². The van der Waals surface area contributed by atoms with Gasteiger partial charge in [0.05, 0.1) is 30.0 Å².